The van der Waals surface area contributed by atoms with Crippen molar-refractivity contribution in [1.82, 2.24) is 19.9 Å². The third-order valence-corrected chi connectivity index (χ3v) is 3.03. The van der Waals surface area contributed by atoms with E-state index in [9.17, 15) is 0 Å². The first-order valence-corrected chi connectivity index (χ1v) is 5.76. The second-order valence-corrected chi connectivity index (χ2v) is 4.16. The summed E-state index contributed by atoms with van der Waals surface area (Å²) in [6.07, 6.45) is 7.50. The van der Waals surface area contributed by atoms with E-state index < -0.39 is 0 Å². The van der Waals surface area contributed by atoms with Gasteiger partial charge in [0.15, 0.2) is 5.82 Å². The fourth-order valence-electron chi connectivity index (χ4n) is 2.16. The molecule has 1 aliphatic carbocycles. The Labute approximate surface area is 99.2 Å². The Morgan fingerprint density at radius 1 is 1.12 bits per heavy atom. The minimum atomic E-state index is 0.600. The Balaban J connectivity index is 2.11. The van der Waals surface area contributed by atoms with Gasteiger partial charge in [0.05, 0.1) is 0 Å². The number of anilines is 1. The van der Waals surface area contributed by atoms with E-state index in [1.165, 1.54) is 19.2 Å². The number of nitrogen functional groups attached to an aromatic ring is 1. The molecule has 5 heteroatoms. The lowest BCUT2D eigenvalue weighted by atomic mass is 9.96. The van der Waals surface area contributed by atoms with Gasteiger partial charge in [0.25, 0.3) is 0 Å². The van der Waals surface area contributed by atoms with Crippen molar-refractivity contribution in [3.63, 3.8) is 0 Å². The van der Waals surface area contributed by atoms with Crippen molar-refractivity contribution < 1.29 is 0 Å². The molecule has 0 bridgehead atoms. The van der Waals surface area contributed by atoms with Gasteiger partial charge in [-0.05, 0) is 31.7 Å². The SMILES string of the molecule is Nc1nc(-c2ccncn2)nc2c1CCCC2. The van der Waals surface area contributed by atoms with Gasteiger partial charge in [-0.1, -0.05) is 0 Å². The Morgan fingerprint density at radius 3 is 2.82 bits per heavy atom. The fourth-order valence-corrected chi connectivity index (χ4v) is 2.16. The summed E-state index contributed by atoms with van der Waals surface area (Å²) >= 11 is 0. The van der Waals surface area contributed by atoms with Gasteiger partial charge < -0.3 is 5.73 Å². The zero-order valence-electron chi connectivity index (χ0n) is 9.43. The molecule has 2 N–H and O–H groups in total. The van der Waals surface area contributed by atoms with Crippen LogP contribution in [-0.2, 0) is 12.8 Å². The number of nitrogens with two attached hydrogens (primary N) is 1. The summed E-state index contributed by atoms with van der Waals surface area (Å²) in [6.45, 7) is 0. The van der Waals surface area contributed by atoms with Gasteiger partial charge in [0, 0.05) is 17.5 Å². The zero-order valence-corrected chi connectivity index (χ0v) is 9.43. The summed E-state index contributed by atoms with van der Waals surface area (Å²) in [5.74, 6) is 1.20. The predicted molar refractivity (Wildman–Crippen MR) is 64.1 cm³/mol. The van der Waals surface area contributed by atoms with Crippen molar-refractivity contribution in [2.24, 2.45) is 0 Å². The second kappa shape index (κ2) is 4.08. The molecule has 0 amide bonds. The topological polar surface area (TPSA) is 77.6 Å². The van der Waals surface area contributed by atoms with E-state index in [4.69, 9.17) is 5.73 Å². The predicted octanol–water partition coefficient (Wildman–Crippen LogP) is 1.39. The molecule has 0 radical (unpaired) electrons. The molecule has 0 atom stereocenters. The summed E-state index contributed by atoms with van der Waals surface area (Å²) in [5.41, 5.74) is 8.91. The monoisotopic (exact) mass is 227 g/mol. The molecule has 0 unspecified atom stereocenters. The highest BCUT2D eigenvalue weighted by atomic mass is 15.0. The van der Waals surface area contributed by atoms with Crippen LogP contribution in [-0.4, -0.2) is 19.9 Å². The highest BCUT2D eigenvalue weighted by Gasteiger charge is 2.16. The number of hydrogen-bond donors (Lipinski definition) is 1. The Kier molecular flexibility index (Phi) is 2.44. The van der Waals surface area contributed by atoms with Crippen LogP contribution >= 0.6 is 0 Å². The van der Waals surface area contributed by atoms with Crippen molar-refractivity contribution in [2.45, 2.75) is 25.7 Å². The Morgan fingerprint density at radius 2 is 2.00 bits per heavy atom. The lowest BCUT2D eigenvalue weighted by molar-refractivity contribution is 0.665. The minimum Gasteiger partial charge on any atom is -0.383 e. The van der Waals surface area contributed by atoms with Gasteiger partial charge in [-0.3, -0.25) is 0 Å². The van der Waals surface area contributed by atoms with Crippen LogP contribution in [0.25, 0.3) is 11.5 Å². The van der Waals surface area contributed by atoms with E-state index in [-0.39, 0.29) is 0 Å². The quantitative estimate of drug-likeness (QED) is 0.796. The molecule has 2 aromatic rings. The fraction of sp³-hybridized carbons (Fsp3) is 0.333. The van der Waals surface area contributed by atoms with Gasteiger partial charge in [-0.2, -0.15) is 0 Å². The van der Waals surface area contributed by atoms with Crippen LogP contribution in [0.4, 0.5) is 5.82 Å². The molecule has 86 valence electrons. The number of fused-ring (bicyclic) bond motifs is 1. The molecular formula is C12H13N5. The zero-order chi connectivity index (χ0) is 11.7. The van der Waals surface area contributed by atoms with Gasteiger partial charge in [0.1, 0.15) is 17.8 Å². The summed E-state index contributed by atoms with van der Waals surface area (Å²) in [6, 6.07) is 1.80. The molecule has 2 aromatic heterocycles. The maximum absolute atomic E-state index is 5.98. The van der Waals surface area contributed by atoms with E-state index in [1.807, 2.05) is 0 Å². The van der Waals surface area contributed by atoms with Crippen LogP contribution in [0.1, 0.15) is 24.1 Å². The van der Waals surface area contributed by atoms with Gasteiger partial charge >= 0.3 is 0 Å². The van der Waals surface area contributed by atoms with Crippen LogP contribution in [0, 0.1) is 0 Å². The highest BCUT2D eigenvalue weighted by Crippen LogP contribution is 2.25. The number of rotatable bonds is 1. The van der Waals surface area contributed by atoms with Crippen molar-refractivity contribution in [3.05, 3.63) is 29.8 Å². The number of nitrogens with zero attached hydrogens (tertiary/aromatic N) is 4. The van der Waals surface area contributed by atoms with E-state index in [2.05, 4.69) is 19.9 Å². The maximum Gasteiger partial charge on any atom is 0.180 e. The molecule has 17 heavy (non-hydrogen) atoms. The number of aromatic nitrogens is 4. The maximum atomic E-state index is 5.98. The van der Waals surface area contributed by atoms with Crippen molar-refractivity contribution in [2.75, 3.05) is 5.73 Å². The normalized spacial score (nSPS) is 14.4. The van der Waals surface area contributed by atoms with Crippen LogP contribution in [0.3, 0.4) is 0 Å². The van der Waals surface area contributed by atoms with Crippen LogP contribution in [0.2, 0.25) is 0 Å². The molecule has 0 aliphatic heterocycles. The Hall–Kier alpha value is -2.04. The van der Waals surface area contributed by atoms with Crippen LogP contribution in [0.5, 0.6) is 0 Å². The largest absolute Gasteiger partial charge is 0.383 e. The van der Waals surface area contributed by atoms with Crippen molar-refractivity contribution in [1.29, 1.82) is 0 Å². The highest BCUT2D eigenvalue weighted by molar-refractivity contribution is 5.54. The van der Waals surface area contributed by atoms with E-state index >= 15 is 0 Å². The lowest BCUT2D eigenvalue weighted by Crippen LogP contribution is -2.12. The molecule has 3 rings (SSSR count). The number of hydrogen-bond acceptors (Lipinski definition) is 5. The molecule has 0 aromatic carbocycles. The lowest BCUT2D eigenvalue weighted by Gasteiger charge is -2.16. The average Bonchev–Trinajstić information content (AvgIpc) is 2.40. The van der Waals surface area contributed by atoms with Gasteiger partial charge in [-0.15, -0.1) is 0 Å². The molecule has 0 saturated carbocycles. The molecule has 0 spiro atoms. The second-order valence-electron chi connectivity index (χ2n) is 4.16. The average molecular weight is 227 g/mol. The van der Waals surface area contributed by atoms with Crippen LogP contribution < -0.4 is 5.73 Å². The molecule has 0 fully saturated rings. The first-order valence-electron chi connectivity index (χ1n) is 5.76. The molecule has 1 aliphatic rings. The third kappa shape index (κ3) is 1.84. The van der Waals surface area contributed by atoms with E-state index in [0.29, 0.717) is 11.6 Å². The third-order valence-electron chi connectivity index (χ3n) is 3.03. The first kappa shape index (κ1) is 10.1. The minimum absolute atomic E-state index is 0.600. The van der Waals surface area contributed by atoms with E-state index in [1.54, 1.807) is 12.3 Å². The molecule has 5 nitrogen and oxygen atoms in total. The summed E-state index contributed by atoms with van der Waals surface area (Å²) < 4.78 is 0. The standard InChI is InChI=1S/C12H13N5/c13-11-8-3-1-2-4-9(8)16-12(17-11)10-5-6-14-7-15-10/h5-7H,1-4H2,(H2,13,16,17). The molecular weight excluding hydrogens is 214 g/mol. The summed E-state index contributed by atoms with van der Waals surface area (Å²) in [7, 11) is 0. The molecule has 0 saturated heterocycles. The summed E-state index contributed by atoms with van der Waals surface area (Å²) in [4.78, 5) is 16.9. The van der Waals surface area contributed by atoms with Crippen molar-refractivity contribution >= 4 is 5.82 Å². The summed E-state index contributed by atoms with van der Waals surface area (Å²) in [5, 5.41) is 0. The first-order chi connectivity index (χ1) is 8.34. The molecule has 2 heterocycles. The van der Waals surface area contributed by atoms with Gasteiger partial charge in [-0.25, -0.2) is 19.9 Å². The number of aryl methyl sites for hydroxylation is 1. The van der Waals surface area contributed by atoms with E-state index in [0.717, 1.165) is 29.8 Å². The van der Waals surface area contributed by atoms with Gasteiger partial charge in [0.2, 0.25) is 0 Å². The van der Waals surface area contributed by atoms with Crippen molar-refractivity contribution in [3.8, 4) is 11.5 Å². The van der Waals surface area contributed by atoms with Crippen LogP contribution in [0.15, 0.2) is 18.6 Å². The Bertz CT molecular complexity index is 538. The smallest absolute Gasteiger partial charge is 0.180 e.